The Morgan fingerprint density at radius 3 is 2.50 bits per heavy atom. The molecule has 16 heavy (non-hydrogen) atoms. The second kappa shape index (κ2) is 5.51. The van der Waals surface area contributed by atoms with Gasteiger partial charge >= 0.3 is 5.97 Å². The third kappa shape index (κ3) is 3.35. The minimum absolute atomic E-state index is 0.151. The lowest BCUT2D eigenvalue weighted by Crippen LogP contribution is -2.20. The number of carbonyl (C=O) groups excluding carboxylic acids is 1. The SMILES string of the molecule is CC(C)C(C)OC(=O)c1cnc(Cl)c(Cl)c1. The maximum atomic E-state index is 11.7. The largest absolute Gasteiger partial charge is 0.459 e. The fraction of sp³-hybridized carbons (Fsp3) is 0.455. The summed E-state index contributed by atoms with van der Waals surface area (Å²) in [5.74, 6) is -0.174. The lowest BCUT2D eigenvalue weighted by atomic mass is 10.1. The van der Waals surface area contributed by atoms with E-state index in [9.17, 15) is 4.79 Å². The Morgan fingerprint density at radius 2 is 2.00 bits per heavy atom. The molecule has 0 aliphatic heterocycles. The Bertz CT molecular complexity index is 394. The van der Waals surface area contributed by atoms with Gasteiger partial charge in [-0.15, -0.1) is 0 Å². The van der Waals surface area contributed by atoms with E-state index >= 15 is 0 Å². The highest BCUT2D eigenvalue weighted by atomic mass is 35.5. The zero-order valence-corrected chi connectivity index (χ0v) is 10.8. The van der Waals surface area contributed by atoms with Gasteiger partial charge in [0.2, 0.25) is 0 Å². The topological polar surface area (TPSA) is 39.2 Å². The number of rotatable bonds is 3. The summed E-state index contributed by atoms with van der Waals surface area (Å²) < 4.78 is 5.21. The summed E-state index contributed by atoms with van der Waals surface area (Å²) in [7, 11) is 0. The van der Waals surface area contributed by atoms with Gasteiger partial charge < -0.3 is 4.74 Å². The maximum absolute atomic E-state index is 11.7. The van der Waals surface area contributed by atoms with Crippen LogP contribution in [0.5, 0.6) is 0 Å². The predicted molar refractivity (Wildman–Crippen MR) is 64.0 cm³/mol. The molecular formula is C11H13Cl2NO2. The Balaban J connectivity index is 2.77. The van der Waals surface area contributed by atoms with Crippen LogP contribution < -0.4 is 0 Å². The van der Waals surface area contributed by atoms with Crippen LogP contribution in [0.1, 0.15) is 31.1 Å². The van der Waals surface area contributed by atoms with Crippen molar-refractivity contribution in [3.8, 4) is 0 Å². The van der Waals surface area contributed by atoms with Crippen molar-refractivity contribution in [3.63, 3.8) is 0 Å². The van der Waals surface area contributed by atoms with Crippen molar-refractivity contribution >= 4 is 29.2 Å². The first-order valence-corrected chi connectivity index (χ1v) is 5.69. The van der Waals surface area contributed by atoms with Crippen molar-refractivity contribution in [1.29, 1.82) is 0 Å². The van der Waals surface area contributed by atoms with Crippen LogP contribution >= 0.6 is 23.2 Å². The fourth-order valence-corrected chi connectivity index (χ4v) is 1.18. The zero-order chi connectivity index (χ0) is 12.3. The smallest absolute Gasteiger partial charge is 0.340 e. The van der Waals surface area contributed by atoms with Gasteiger partial charge in [0.25, 0.3) is 0 Å². The average molecular weight is 262 g/mol. The number of hydrogen-bond donors (Lipinski definition) is 0. The van der Waals surface area contributed by atoms with E-state index in [2.05, 4.69) is 4.98 Å². The van der Waals surface area contributed by atoms with Crippen LogP contribution in [0.4, 0.5) is 0 Å². The molecule has 0 radical (unpaired) electrons. The average Bonchev–Trinajstić information content (AvgIpc) is 2.21. The Hall–Kier alpha value is -0.800. The van der Waals surface area contributed by atoms with Crippen LogP contribution in [0, 0.1) is 5.92 Å². The highest BCUT2D eigenvalue weighted by molar-refractivity contribution is 6.41. The number of carbonyl (C=O) groups is 1. The number of nitrogens with zero attached hydrogens (tertiary/aromatic N) is 1. The molecule has 0 aliphatic rings. The molecule has 0 amide bonds. The van der Waals surface area contributed by atoms with Crippen LogP contribution in [0.15, 0.2) is 12.3 Å². The number of aromatic nitrogens is 1. The van der Waals surface area contributed by atoms with Crippen molar-refractivity contribution < 1.29 is 9.53 Å². The Morgan fingerprint density at radius 1 is 1.38 bits per heavy atom. The van der Waals surface area contributed by atoms with E-state index in [0.717, 1.165) is 0 Å². The van der Waals surface area contributed by atoms with Crippen LogP contribution in [0.25, 0.3) is 0 Å². The van der Waals surface area contributed by atoms with Crippen molar-refractivity contribution in [2.45, 2.75) is 26.9 Å². The van der Waals surface area contributed by atoms with Gasteiger partial charge in [0.15, 0.2) is 0 Å². The van der Waals surface area contributed by atoms with E-state index in [1.807, 2.05) is 20.8 Å². The molecule has 0 saturated heterocycles. The van der Waals surface area contributed by atoms with Gasteiger partial charge in [-0.1, -0.05) is 37.0 Å². The first-order chi connectivity index (χ1) is 7.41. The van der Waals surface area contributed by atoms with Gasteiger partial charge in [0.1, 0.15) is 11.3 Å². The van der Waals surface area contributed by atoms with Gasteiger partial charge in [-0.05, 0) is 18.9 Å². The monoisotopic (exact) mass is 261 g/mol. The molecule has 0 fully saturated rings. The van der Waals surface area contributed by atoms with Crippen molar-refractivity contribution in [2.24, 2.45) is 5.92 Å². The van der Waals surface area contributed by atoms with Crippen molar-refractivity contribution in [2.75, 3.05) is 0 Å². The van der Waals surface area contributed by atoms with Gasteiger partial charge in [0.05, 0.1) is 10.6 Å². The highest BCUT2D eigenvalue weighted by Crippen LogP contribution is 2.20. The van der Waals surface area contributed by atoms with Crippen LogP contribution in [-0.4, -0.2) is 17.1 Å². The summed E-state index contributed by atoms with van der Waals surface area (Å²) in [6, 6.07) is 1.45. The van der Waals surface area contributed by atoms with E-state index in [4.69, 9.17) is 27.9 Å². The molecule has 0 saturated carbocycles. The summed E-state index contributed by atoms with van der Waals surface area (Å²) in [5, 5.41) is 0.420. The van der Waals surface area contributed by atoms with E-state index in [1.54, 1.807) is 0 Å². The molecule has 0 bridgehead atoms. The second-order valence-corrected chi connectivity index (χ2v) is 4.62. The molecule has 1 atom stereocenters. The Labute approximate surface area is 105 Å². The summed E-state index contributed by atoms with van der Waals surface area (Å²) in [4.78, 5) is 15.4. The third-order valence-electron chi connectivity index (χ3n) is 2.26. The molecule has 1 aromatic rings. The molecule has 0 aliphatic carbocycles. The number of hydrogen-bond acceptors (Lipinski definition) is 3. The molecule has 3 nitrogen and oxygen atoms in total. The Kier molecular flexibility index (Phi) is 4.56. The van der Waals surface area contributed by atoms with Gasteiger partial charge in [-0.25, -0.2) is 9.78 Å². The molecule has 0 N–H and O–H groups in total. The molecule has 1 unspecified atom stereocenters. The maximum Gasteiger partial charge on any atom is 0.340 e. The number of esters is 1. The summed E-state index contributed by atoms with van der Waals surface area (Å²) >= 11 is 11.4. The quantitative estimate of drug-likeness (QED) is 0.617. The highest BCUT2D eigenvalue weighted by Gasteiger charge is 2.16. The zero-order valence-electron chi connectivity index (χ0n) is 9.33. The minimum Gasteiger partial charge on any atom is -0.459 e. The summed E-state index contributed by atoms with van der Waals surface area (Å²) in [6.07, 6.45) is 1.20. The van der Waals surface area contributed by atoms with E-state index in [0.29, 0.717) is 5.56 Å². The molecule has 88 valence electrons. The molecule has 1 aromatic heterocycles. The summed E-state index contributed by atoms with van der Waals surface area (Å²) in [6.45, 7) is 5.80. The molecule has 1 heterocycles. The molecule has 1 rings (SSSR count). The predicted octanol–water partition coefficient (Wildman–Crippen LogP) is 3.59. The number of pyridine rings is 1. The van der Waals surface area contributed by atoms with E-state index < -0.39 is 5.97 Å². The molecule has 5 heteroatoms. The standard InChI is InChI=1S/C11H13Cl2NO2/c1-6(2)7(3)16-11(15)8-4-9(12)10(13)14-5-8/h4-7H,1-3H3. The van der Waals surface area contributed by atoms with Gasteiger partial charge in [-0.2, -0.15) is 0 Å². The summed E-state index contributed by atoms with van der Waals surface area (Å²) in [5.41, 5.74) is 0.307. The first kappa shape index (κ1) is 13.3. The fourth-order valence-electron chi connectivity index (χ4n) is 0.906. The van der Waals surface area contributed by atoms with Gasteiger partial charge in [-0.3, -0.25) is 0 Å². The van der Waals surface area contributed by atoms with E-state index in [1.165, 1.54) is 12.3 Å². The van der Waals surface area contributed by atoms with Crippen LogP contribution in [-0.2, 0) is 4.74 Å². The van der Waals surface area contributed by atoms with Crippen molar-refractivity contribution in [1.82, 2.24) is 4.98 Å². The normalized spacial score (nSPS) is 12.6. The molecular weight excluding hydrogens is 249 g/mol. The second-order valence-electron chi connectivity index (χ2n) is 3.85. The van der Waals surface area contributed by atoms with Gasteiger partial charge in [0, 0.05) is 6.20 Å². The van der Waals surface area contributed by atoms with Crippen LogP contribution in [0.2, 0.25) is 10.2 Å². The van der Waals surface area contributed by atoms with E-state index in [-0.39, 0.29) is 22.2 Å². The third-order valence-corrected chi connectivity index (χ3v) is 2.95. The number of halogens is 2. The number of ether oxygens (including phenoxy) is 1. The minimum atomic E-state index is -0.438. The first-order valence-electron chi connectivity index (χ1n) is 4.94. The van der Waals surface area contributed by atoms with Crippen LogP contribution in [0.3, 0.4) is 0 Å². The lowest BCUT2D eigenvalue weighted by molar-refractivity contribution is 0.0237. The molecule has 0 spiro atoms. The lowest BCUT2D eigenvalue weighted by Gasteiger charge is -2.16. The molecule has 0 aromatic carbocycles. The van der Waals surface area contributed by atoms with Crippen molar-refractivity contribution in [3.05, 3.63) is 28.0 Å².